The van der Waals surface area contributed by atoms with Crippen LogP contribution in [0.5, 0.6) is 0 Å². The van der Waals surface area contributed by atoms with Crippen LogP contribution in [-0.4, -0.2) is 5.54 Å². The molecule has 2 aliphatic rings. The third-order valence-electron chi connectivity index (χ3n) is 7.33. The Morgan fingerprint density at radius 1 is 0.583 bits per heavy atom. The second kappa shape index (κ2) is 8.28. The van der Waals surface area contributed by atoms with E-state index in [1.165, 1.54) is 44.3 Å². The second-order valence-corrected chi connectivity index (χ2v) is 9.65. The van der Waals surface area contributed by atoms with Gasteiger partial charge in [0.25, 0.3) is 0 Å². The first-order valence-corrected chi connectivity index (χ1v) is 12.5. The number of hydrogen-bond acceptors (Lipinski definition) is 2. The monoisotopic (exact) mass is 462 g/mol. The van der Waals surface area contributed by atoms with E-state index < -0.39 is 0 Å². The number of nitrogens with one attached hydrogen (secondary N) is 2. The topological polar surface area (TPSA) is 24.1 Å². The van der Waals surface area contributed by atoms with Crippen LogP contribution in [0, 0.1) is 0 Å². The van der Waals surface area contributed by atoms with E-state index in [0.717, 1.165) is 17.8 Å². The van der Waals surface area contributed by atoms with Gasteiger partial charge in [-0.3, -0.25) is 0 Å². The summed E-state index contributed by atoms with van der Waals surface area (Å²) in [6.07, 6.45) is 7.84. The van der Waals surface area contributed by atoms with E-state index in [-0.39, 0.29) is 5.54 Å². The predicted octanol–water partition coefficient (Wildman–Crippen LogP) is 8.97. The fourth-order valence-corrected chi connectivity index (χ4v) is 5.33. The molecular formula is C34H26N2. The molecule has 0 bridgehead atoms. The molecule has 0 heterocycles. The van der Waals surface area contributed by atoms with Gasteiger partial charge in [0.2, 0.25) is 0 Å². The van der Waals surface area contributed by atoms with E-state index in [1.54, 1.807) is 0 Å². The maximum Gasteiger partial charge on any atom is 0.0848 e. The minimum absolute atomic E-state index is 0.0514. The quantitative estimate of drug-likeness (QED) is 0.263. The summed E-state index contributed by atoms with van der Waals surface area (Å²) in [4.78, 5) is 0. The van der Waals surface area contributed by atoms with Gasteiger partial charge >= 0.3 is 0 Å². The van der Waals surface area contributed by atoms with E-state index >= 15 is 0 Å². The van der Waals surface area contributed by atoms with Crippen LogP contribution in [0.1, 0.15) is 6.42 Å². The van der Waals surface area contributed by atoms with Crippen LogP contribution in [0.25, 0.3) is 33.0 Å². The molecule has 0 saturated carbocycles. The lowest BCUT2D eigenvalue weighted by Crippen LogP contribution is -2.22. The molecule has 0 amide bonds. The van der Waals surface area contributed by atoms with Crippen LogP contribution >= 0.6 is 0 Å². The van der Waals surface area contributed by atoms with Gasteiger partial charge in [-0.2, -0.15) is 0 Å². The largest absolute Gasteiger partial charge is 0.371 e. The number of hydrogen-bond donors (Lipinski definition) is 2. The molecule has 0 fully saturated rings. The standard InChI is InChI=1S/C34H26N2/c1-2-10-30-24(7-1)8-5-12-31(30)25-14-18-28(19-15-25)35-29-20-16-26(17-21-29)32-11-3-4-13-33(32)36-34-22-6-9-27(34)23-34/h1-21,23,35-36H,22H2. The first kappa shape index (κ1) is 20.8. The average Bonchev–Trinajstić information content (AvgIpc) is 3.47. The second-order valence-electron chi connectivity index (χ2n) is 9.65. The zero-order chi connectivity index (χ0) is 24.0. The molecule has 2 N–H and O–H groups in total. The molecule has 2 aliphatic carbocycles. The van der Waals surface area contributed by atoms with Crippen molar-refractivity contribution < 1.29 is 0 Å². The van der Waals surface area contributed by atoms with Crippen LogP contribution in [0.4, 0.5) is 17.1 Å². The molecule has 2 nitrogen and oxygen atoms in total. The molecule has 5 aromatic carbocycles. The number of benzene rings is 5. The van der Waals surface area contributed by atoms with Crippen LogP contribution in [0.3, 0.4) is 0 Å². The average molecular weight is 463 g/mol. The van der Waals surface area contributed by atoms with E-state index in [1.807, 2.05) is 0 Å². The molecule has 1 unspecified atom stereocenters. The van der Waals surface area contributed by atoms with E-state index in [0.29, 0.717) is 0 Å². The van der Waals surface area contributed by atoms with Gasteiger partial charge in [-0.1, -0.05) is 97.1 Å². The van der Waals surface area contributed by atoms with Crippen LogP contribution < -0.4 is 10.6 Å². The summed E-state index contributed by atoms with van der Waals surface area (Å²) in [6, 6.07) is 41.0. The van der Waals surface area contributed by atoms with Gasteiger partial charge in [0.05, 0.1) is 5.54 Å². The zero-order valence-corrected chi connectivity index (χ0v) is 19.9. The highest BCUT2D eigenvalue weighted by Gasteiger charge is 2.44. The van der Waals surface area contributed by atoms with Crippen molar-refractivity contribution in [1.29, 1.82) is 0 Å². The van der Waals surface area contributed by atoms with Gasteiger partial charge in [-0.15, -0.1) is 0 Å². The maximum atomic E-state index is 3.77. The SMILES string of the molecule is C1=CC2=CC2(Nc2ccccc2-c2ccc(Nc3ccc(-c4cccc5ccccc45)cc3)cc2)C1. The van der Waals surface area contributed by atoms with Gasteiger partial charge in [-0.05, 0) is 75.9 Å². The summed E-state index contributed by atoms with van der Waals surface area (Å²) in [5, 5.41) is 9.87. The summed E-state index contributed by atoms with van der Waals surface area (Å²) < 4.78 is 0. The maximum absolute atomic E-state index is 3.77. The molecule has 7 rings (SSSR count). The van der Waals surface area contributed by atoms with Crippen molar-refractivity contribution in [3.8, 4) is 22.3 Å². The minimum atomic E-state index is 0.0514. The van der Waals surface area contributed by atoms with Crippen LogP contribution in [-0.2, 0) is 0 Å². The predicted molar refractivity (Wildman–Crippen MR) is 153 cm³/mol. The lowest BCUT2D eigenvalue weighted by molar-refractivity contribution is 0.822. The highest BCUT2D eigenvalue weighted by molar-refractivity contribution is 5.96. The third kappa shape index (κ3) is 3.68. The Bertz CT molecular complexity index is 1640. The first-order chi connectivity index (χ1) is 17.8. The zero-order valence-electron chi connectivity index (χ0n) is 19.9. The number of para-hydroxylation sites is 1. The van der Waals surface area contributed by atoms with Crippen molar-refractivity contribution in [1.82, 2.24) is 0 Å². The first-order valence-electron chi connectivity index (χ1n) is 12.5. The van der Waals surface area contributed by atoms with Crippen molar-refractivity contribution in [2.75, 3.05) is 10.6 Å². The Balaban J connectivity index is 1.09. The van der Waals surface area contributed by atoms with Gasteiger partial charge in [0, 0.05) is 22.6 Å². The Hall–Kier alpha value is -4.56. The van der Waals surface area contributed by atoms with Crippen molar-refractivity contribution in [3.63, 3.8) is 0 Å². The molecule has 0 spiro atoms. The molecule has 36 heavy (non-hydrogen) atoms. The smallest absolute Gasteiger partial charge is 0.0848 e. The Morgan fingerprint density at radius 3 is 1.94 bits per heavy atom. The fourth-order valence-electron chi connectivity index (χ4n) is 5.33. The number of anilines is 3. The van der Waals surface area contributed by atoms with Crippen molar-refractivity contribution in [2.45, 2.75) is 12.0 Å². The molecule has 5 aromatic rings. The summed E-state index contributed by atoms with van der Waals surface area (Å²) in [6.45, 7) is 0. The molecular weight excluding hydrogens is 436 g/mol. The van der Waals surface area contributed by atoms with E-state index in [9.17, 15) is 0 Å². The third-order valence-corrected chi connectivity index (χ3v) is 7.33. The van der Waals surface area contributed by atoms with Gasteiger partial charge in [0.1, 0.15) is 0 Å². The molecule has 0 radical (unpaired) electrons. The molecule has 0 aromatic heterocycles. The minimum Gasteiger partial charge on any atom is -0.371 e. The summed E-state index contributed by atoms with van der Waals surface area (Å²) in [7, 11) is 0. The normalized spacial score (nSPS) is 17.5. The Kier molecular flexibility index (Phi) is 4.78. The molecule has 0 saturated heterocycles. The van der Waals surface area contributed by atoms with E-state index in [4.69, 9.17) is 0 Å². The molecule has 172 valence electrons. The van der Waals surface area contributed by atoms with Gasteiger partial charge in [0.15, 0.2) is 0 Å². The van der Waals surface area contributed by atoms with Crippen molar-refractivity contribution in [3.05, 3.63) is 139 Å². The van der Waals surface area contributed by atoms with Gasteiger partial charge < -0.3 is 10.6 Å². The number of fused-ring (bicyclic) bond motifs is 2. The lowest BCUT2D eigenvalue weighted by Gasteiger charge is -2.20. The van der Waals surface area contributed by atoms with Crippen LogP contribution in [0.2, 0.25) is 0 Å². The Labute approximate surface area is 211 Å². The fraction of sp³-hybridized carbons (Fsp3) is 0.0588. The highest BCUT2D eigenvalue weighted by Crippen LogP contribution is 2.47. The summed E-state index contributed by atoms with van der Waals surface area (Å²) in [5.41, 5.74) is 9.71. The summed E-state index contributed by atoms with van der Waals surface area (Å²) in [5.74, 6) is 0. The Morgan fingerprint density at radius 2 is 1.22 bits per heavy atom. The lowest BCUT2D eigenvalue weighted by atomic mass is 9.98. The van der Waals surface area contributed by atoms with E-state index in [2.05, 4.69) is 144 Å². The molecule has 0 aliphatic heterocycles. The molecule has 1 atom stereocenters. The van der Waals surface area contributed by atoms with Gasteiger partial charge in [-0.25, -0.2) is 0 Å². The van der Waals surface area contributed by atoms with Crippen molar-refractivity contribution >= 4 is 27.8 Å². The highest BCUT2D eigenvalue weighted by atomic mass is 15.0. The van der Waals surface area contributed by atoms with Crippen LogP contribution in [0.15, 0.2) is 139 Å². The summed E-state index contributed by atoms with van der Waals surface area (Å²) >= 11 is 0. The van der Waals surface area contributed by atoms with Crippen molar-refractivity contribution in [2.24, 2.45) is 0 Å². The number of rotatable bonds is 6. The molecule has 2 heteroatoms.